The van der Waals surface area contributed by atoms with Crippen LogP contribution in [0.1, 0.15) is 61.6 Å². The van der Waals surface area contributed by atoms with Gasteiger partial charge in [-0.05, 0) is 75.9 Å². The highest BCUT2D eigenvalue weighted by molar-refractivity contribution is 5.92. The molecule has 2 atom stereocenters. The number of rotatable bonds is 10. The highest BCUT2D eigenvalue weighted by Gasteiger charge is 2.36. The first-order valence-electron chi connectivity index (χ1n) is 13.8. The minimum absolute atomic E-state index is 0.0944. The molecule has 3 aromatic rings. The van der Waals surface area contributed by atoms with Crippen LogP contribution in [0, 0.1) is 13.8 Å². The molecule has 0 heterocycles. The molecule has 0 saturated heterocycles. The second-order valence-corrected chi connectivity index (χ2v) is 11.2. The van der Waals surface area contributed by atoms with Crippen molar-refractivity contribution in [3.05, 3.63) is 101 Å². The van der Waals surface area contributed by atoms with E-state index < -0.39 is 29.7 Å². The third-order valence-electron chi connectivity index (χ3n) is 6.59. The SMILES string of the molecule is CCN(C(=O)C(Cc1ccc(O)cc1)NC(=O)OC(C)(C)C)C(C(=O)NCc1ccccc1)c1cc(C)ccc1C. The maximum atomic E-state index is 14.3. The minimum Gasteiger partial charge on any atom is -0.508 e. The molecule has 0 saturated carbocycles. The summed E-state index contributed by atoms with van der Waals surface area (Å²) < 4.78 is 5.46. The Labute approximate surface area is 242 Å². The number of hydrogen-bond acceptors (Lipinski definition) is 5. The molecule has 0 aliphatic carbocycles. The number of phenolic OH excluding ortho intramolecular Hbond substituents is 1. The Bertz CT molecular complexity index is 1330. The lowest BCUT2D eigenvalue weighted by atomic mass is 9.95. The summed E-state index contributed by atoms with van der Waals surface area (Å²) in [5, 5.41) is 15.5. The topological polar surface area (TPSA) is 108 Å². The second-order valence-electron chi connectivity index (χ2n) is 11.2. The monoisotopic (exact) mass is 559 g/mol. The first kappa shape index (κ1) is 31.2. The fraction of sp³-hybridized carbons (Fsp3) is 0.364. The van der Waals surface area contributed by atoms with E-state index in [2.05, 4.69) is 10.6 Å². The van der Waals surface area contributed by atoms with Crippen LogP contribution in [-0.4, -0.2) is 46.1 Å². The van der Waals surface area contributed by atoms with Gasteiger partial charge in [-0.3, -0.25) is 9.59 Å². The fourth-order valence-electron chi connectivity index (χ4n) is 4.57. The van der Waals surface area contributed by atoms with Crippen molar-refractivity contribution in [1.82, 2.24) is 15.5 Å². The molecule has 0 aromatic heterocycles. The standard InChI is InChI=1S/C33H41N3O5/c1-7-36(31(39)28(35-32(40)41-33(4,5)6)20-24-15-17-26(37)18-16-24)29(27-19-22(2)13-14-23(27)3)30(38)34-21-25-11-9-8-10-12-25/h8-19,28-29,37H,7,20-21H2,1-6H3,(H,34,38)(H,35,40). The third kappa shape index (κ3) is 9.10. The zero-order chi connectivity index (χ0) is 30.2. The van der Waals surface area contributed by atoms with Crippen molar-refractivity contribution in [2.45, 2.75) is 72.2 Å². The number of aromatic hydroxyl groups is 1. The zero-order valence-electron chi connectivity index (χ0n) is 24.7. The normalized spacial score (nSPS) is 12.6. The molecular weight excluding hydrogens is 518 g/mol. The van der Waals surface area contributed by atoms with Crippen LogP contribution in [0.25, 0.3) is 0 Å². The summed E-state index contributed by atoms with van der Waals surface area (Å²) in [4.78, 5) is 42.5. The molecule has 3 N–H and O–H groups in total. The van der Waals surface area contributed by atoms with Crippen LogP contribution in [0.4, 0.5) is 4.79 Å². The van der Waals surface area contributed by atoms with E-state index in [0.717, 1.165) is 22.3 Å². The van der Waals surface area contributed by atoms with Crippen LogP contribution in [0.3, 0.4) is 0 Å². The van der Waals surface area contributed by atoms with Gasteiger partial charge < -0.3 is 25.4 Å². The number of ether oxygens (including phenoxy) is 1. The maximum Gasteiger partial charge on any atom is 0.408 e. The summed E-state index contributed by atoms with van der Waals surface area (Å²) >= 11 is 0. The van der Waals surface area contributed by atoms with Crippen molar-refractivity contribution in [1.29, 1.82) is 0 Å². The number of alkyl carbamates (subject to hydrolysis) is 1. The largest absolute Gasteiger partial charge is 0.508 e. The highest BCUT2D eigenvalue weighted by Crippen LogP contribution is 2.27. The van der Waals surface area contributed by atoms with Crippen molar-refractivity contribution < 1.29 is 24.2 Å². The van der Waals surface area contributed by atoms with Crippen molar-refractivity contribution in [2.75, 3.05) is 6.54 Å². The van der Waals surface area contributed by atoms with E-state index in [9.17, 15) is 19.5 Å². The van der Waals surface area contributed by atoms with Crippen molar-refractivity contribution >= 4 is 17.9 Å². The van der Waals surface area contributed by atoms with Crippen LogP contribution in [0.2, 0.25) is 0 Å². The summed E-state index contributed by atoms with van der Waals surface area (Å²) in [6.07, 6.45) is -0.595. The lowest BCUT2D eigenvalue weighted by Gasteiger charge is -2.34. The van der Waals surface area contributed by atoms with E-state index in [0.29, 0.717) is 12.1 Å². The van der Waals surface area contributed by atoms with Gasteiger partial charge in [0.05, 0.1) is 0 Å². The molecule has 8 nitrogen and oxygen atoms in total. The molecule has 0 radical (unpaired) electrons. The van der Waals surface area contributed by atoms with Gasteiger partial charge >= 0.3 is 6.09 Å². The summed E-state index contributed by atoms with van der Waals surface area (Å²) in [6, 6.07) is 19.9. The molecule has 0 fully saturated rings. The van der Waals surface area contributed by atoms with E-state index in [-0.39, 0.29) is 24.6 Å². The van der Waals surface area contributed by atoms with Gasteiger partial charge in [0.1, 0.15) is 23.4 Å². The molecule has 2 unspecified atom stereocenters. The number of benzene rings is 3. The van der Waals surface area contributed by atoms with Crippen LogP contribution >= 0.6 is 0 Å². The van der Waals surface area contributed by atoms with E-state index in [1.807, 2.05) is 69.3 Å². The molecule has 218 valence electrons. The van der Waals surface area contributed by atoms with Crippen molar-refractivity contribution in [2.24, 2.45) is 0 Å². The molecule has 3 aromatic carbocycles. The summed E-state index contributed by atoms with van der Waals surface area (Å²) in [5.41, 5.74) is 3.45. The summed E-state index contributed by atoms with van der Waals surface area (Å²) in [5.74, 6) is -0.650. The Balaban J connectivity index is 1.99. The Hall–Kier alpha value is -4.33. The van der Waals surface area contributed by atoms with E-state index >= 15 is 0 Å². The number of nitrogens with zero attached hydrogens (tertiary/aromatic N) is 1. The maximum absolute atomic E-state index is 14.3. The van der Waals surface area contributed by atoms with Crippen LogP contribution in [0.5, 0.6) is 5.75 Å². The first-order valence-corrected chi connectivity index (χ1v) is 13.8. The minimum atomic E-state index is -1.02. The molecular formula is C33H41N3O5. The van der Waals surface area contributed by atoms with Gasteiger partial charge in [0, 0.05) is 19.5 Å². The van der Waals surface area contributed by atoms with Gasteiger partial charge in [-0.15, -0.1) is 0 Å². The molecule has 0 spiro atoms. The van der Waals surface area contributed by atoms with Crippen LogP contribution in [-0.2, 0) is 27.3 Å². The summed E-state index contributed by atoms with van der Waals surface area (Å²) in [6.45, 7) is 11.4. The van der Waals surface area contributed by atoms with Gasteiger partial charge in [-0.25, -0.2) is 4.79 Å². The lowest BCUT2D eigenvalue weighted by Crippen LogP contribution is -2.53. The Morgan fingerprint density at radius 1 is 0.927 bits per heavy atom. The third-order valence-corrected chi connectivity index (χ3v) is 6.59. The van der Waals surface area contributed by atoms with Gasteiger partial charge in [-0.2, -0.15) is 0 Å². The number of likely N-dealkylation sites (N-methyl/N-ethyl adjacent to an activating group) is 1. The van der Waals surface area contributed by atoms with Crippen molar-refractivity contribution in [3.8, 4) is 5.75 Å². The number of nitrogens with one attached hydrogen (secondary N) is 2. The number of phenols is 1. The molecule has 3 rings (SSSR count). The molecule has 0 aliphatic heterocycles. The average molecular weight is 560 g/mol. The number of aryl methyl sites for hydroxylation is 2. The van der Waals surface area contributed by atoms with E-state index in [4.69, 9.17) is 4.74 Å². The lowest BCUT2D eigenvalue weighted by molar-refractivity contribution is -0.142. The van der Waals surface area contributed by atoms with Crippen molar-refractivity contribution in [3.63, 3.8) is 0 Å². The quantitative estimate of drug-likeness (QED) is 0.310. The highest BCUT2D eigenvalue weighted by atomic mass is 16.6. The van der Waals surface area contributed by atoms with Gasteiger partial charge in [0.2, 0.25) is 11.8 Å². The molecule has 0 bridgehead atoms. The summed E-state index contributed by atoms with van der Waals surface area (Å²) in [7, 11) is 0. The van der Waals surface area contributed by atoms with E-state index in [1.54, 1.807) is 32.9 Å². The number of carbonyl (C=O) groups is 3. The van der Waals surface area contributed by atoms with Gasteiger partial charge in [0.25, 0.3) is 0 Å². The first-order chi connectivity index (χ1) is 19.4. The number of carbonyl (C=O) groups excluding carboxylic acids is 3. The van der Waals surface area contributed by atoms with Crippen LogP contribution < -0.4 is 10.6 Å². The smallest absolute Gasteiger partial charge is 0.408 e. The fourth-order valence-corrected chi connectivity index (χ4v) is 4.57. The molecule has 8 heteroatoms. The molecule has 41 heavy (non-hydrogen) atoms. The van der Waals surface area contributed by atoms with Gasteiger partial charge in [0.15, 0.2) is 0 Å². The number of amides is 3. The Kier molecular flexibility index (Phi) is 10.5. The van der Waals surface area contributed by atoms with Gasteiger partial charge in [-0.1, -0.05) is 66.2 Å². The zero-order valence-corrected chi connectivity index (χ0v) is 24.7. The molecule has 3 amide bonds. The molecule has 0 aliphatic rings. The Morgan fingerprint density at radius 3 is 2.20 bits per heavy atom. The van der Waals surface area contributed by atoms with Crippen LogP contribution in [0.15, 0.2) is 72.8 Å². The predicted molar refractivity (Wildman–Crippen MR) is 159 cm³/mol. The van der Waals surface area contributed by atoms with E-state index in [1.165, 1.54) is 17.0 Å². The predicted octanol–water partition coefficient (Wildman–Crippen LogP) is 5.35. The number of hydrogen-bond donors (Lipinski definition) is 3. The average Bonchev–Trinajstić information content (AvgIpc) is 2.92. The second kappa shape index (κ2) is 13.8. The Morgan fingerprint density at radius 2 is 1.59 bits per heavy atom.